The highest BCUT2D eigenvalue weighted by atomic mass is 32.1. The standard InChI is InChI=1S/C12H16N2OS/c1-9(2)12-5-11(15-14-12)7-13-6-10-3-4-16-8-10/h3-5,8-9,13H,6-7H2,1-2H3. The fraction of sp³-hybridized carbons (Fsp3) is 0.417. The first-order valence-electron chi connectivity index (χ1n) is 5.43. The molecule has 2 heterocycles. The van der Waals surface area contributed by atoms with Crippen LogP contribution in [0.15, 0.2) is 27.4 Å². The van der Waals surface area contributed by atoms with Gasteiger partial charge in [0, 0.05) is 12.6 Å². The van der Waals surface area contributed by atoms with E-state index in [9.17, 15) is 0 Å². The quantitative estimate of drug-likeness (QED) is 0.866. The molecule has 1 N–H and O–H groups in total. The molecule has 0 saturated heterocycles. The number of aromatic nitrogens is 1. The molecule has 0 aliphatic heterocycles. The third-order valence-electron chi connectivity index (χ3n) is 2.38. The normalized spacial score (nSPS) is 11.2. The van der Waals surface area contributed by atoms with Gasteiger partial charge in [0.05, 0.1) is 12.2 Å². The molecule has 0 spiro atoms. The van der Waals surface area contributed by atoms with E-state index in [-0.39, 0.29) is 0 Å². The van der Waals surface area contributed by atoms with Gasteiger partial charge in [0.2, 0.25) is 0 Å². The highest BCUT2D eigenvalue weighted by Gasteiger charge is 2.06. The van der Waals surface area contributed by atoms with Gasteiger partial charge in [-0.25, -0.2) is 0 Å². The molecule has 2 aromatic rings. The van der Waals surface area contributed by atoms with E-state index in [2.05, 4.69) is 41.1 Å². The Morgan fingerprint density at radius 3 is 2.94 bits per heavy atom. The minimum atomic E-state index is 0.425. The predicted octanol–water partition coefficient (Wildman–Crippen LogP) is 3.15. The van der Waals surface area contributed by atoms with Crippen molar-refractivity contribution in [3.8, 4) is 0 Å². The fourth-order valence-corrected chi connectivity index (χ4v) is 2.08. The molecule has 0 fully saturated rings. The van der Waals surface area contributed by atoms with Crippen molar-refractivity contribution >= 4 is 11.3 Å². The Morgan fingerprint density at radius 2 is 2.31 bits per heavy atom. The molecule has 0 aliphatic carbocycles. The first-order valence-corrected chi connectivity index (χ1v) is 6.37. The molecule has 0 unspecified atom stereocenters. The van der Waals surface area contributed by atoms with Crippen LogP contribution in [0.25, 0.3) is 0 Å². The van der Waals surface area contributed by atoms with Gasteiger partial charge in [-0.3, -0.25) is 0 Å². The van der Waals surface area contributed by atoms with Crippen LogP contribution in [-0.4, -0.2) is 5.16 Å². The average molecular weight is 236 g/mol. The van der Waals surface area contributed by atoms with E-state index in [1.807, 2.05) is 6.07 Å². The van der Waals surface area contributed by atoms with Crippen LogP contribution in [-0.2, 0) is 13.1 Å². The zero-order chi connectivity index (χ0) is 11.4. The Kier molecular flexibility index (Phi) is 3.74. The highest BCUT2D eigenvalue weighted by molar-refractivity contribution is 7.07. The molecule has 0 aromatic carbocycles. The second kappa shape index (κ2) is 5.27. The van der Waals surface area contributed by atoms with E-state index in [4.69, 9.17) is 4.52 Å². The Bertz CT molecular complexity index is 420. The maximum atomic E-state index is 5.24. The summed E-state index contributed by atoms with van der Waals surface area (Å²) < 4.78 is 5.24. The van der Waals surface area contributed by atoms with E-state index in [1.54, 1.807) is 11.3 Å². The van der Waals surface area contributed by atoms with E-state index in [0.29, 0.717) is 5.92 Å². The van der Waals surface area contributed by atoms with E-state index in [1.165, 1.54) is 5.56 Å². The molecule has 86 valence electrons. The number of hydrogen-bond acceptors (Lipinski definition) is 4. The van der Waals surface area contributed by atoms with Crippen LogP contribution in [0, 0.1) is 0 Å². The summed E-state index contributed by atoms with van der Waals surface area (Å²) in [6.07, 6.45) is 0. The summed E-state index contributed by atoms with van der Waals surface area (Å²) in [6, 6.07) is 4.14. The topological polar surface area (TPSA) is 38.1 Å². The van der Waals surface area contributed by atoms with E-state index in [0.717, 1.165) is 24.5 Å². The maximum Gasteiger partial charge on any atom is 0.150 e. The summed E-state index contributed by atoms with van der Waals surface area (Å²) >= 11 is 1.72. The zero-order valence-corrected chi connectivity index (χ0v) is 10.4. The van der Waals surface area contributed by atoms with Crippen LogP contribution < -0.4 is 5.32 Å². The van der Waals surface area contributed by atoms with Crippen LogP contribution in [0.4, 0.5) is 0 Å². The van der Waals surface area contributed by atoms with Crippen molar-refractivity contribution in [3.63, 3.8) is 0 Å². The first-order chi connectivity index (χ1) is 7.75. The summed E-state index contributed by atoms with van der Waals surface area (Å²) in [6.45, 7) is 5.83. The lowest BCUT2D eigenvalue weighted by molar-refractivity contribution is 0.365. The lowest BCUT2D eigenvalue weighted by Crippen LogP contribution is -2.11. The molecule has 2 aromatic heterocycles. The van der Waals surface area contributed by atoms with Gasteiger partial charge < -0.3 is 9.84 Å². The van der Waals surface area contributed by atoms with Crippen molar-refractivity contribution in [1.82, 2.24) is 10.5 Å². The van der Waals surface area contributed by atoms with Gasteiger partial charge in [-0.1, -0.05) is 19.0 Å². The average Bonchev–Trinajstić information content (AvgIpc) is 2.87. The molecule has 0 radical (unpaired) electrons. The molecule has 0 atom stereocenters. The second-order valence-corrected chi connectivity index (χ2v) is 4.89. The monoisotopic (exact) mass is 236 g/mol. The molecule has 4 heteroatoms. The lowest BCUT2D eigenvalue weighted by atomic mass is 10.1. The van der Waals surface area contributed by atoms with Crippen LogP contribution in [0.3, 0.4) is 0 Å². The number of hydrogen-bond donors (Lipinski definition) is 1. The van der Waals surface area contributed by atoms with E-state index >= 15 is 0 Å². The minimum Gasteiger partial charge on any atom is -0.360 e. The Balaban J connectivity index is 1.81. The van der Waals surface area contributed by atoms with Gasteiger partial charge in [0.1, 0.15) is 0 Å². The Labute approximate surface area is 99.5 Å². The third kappa shape index (κ3) is 2.93. The second-order valence-electron chi connectivity index (χ2n) is 4.11. The minimum absolute atomic E-state index is 0.425. The fourth-order valence-electron chi connectivity index (χ4n) is 1.41. The largest absolute Gasteiger partial charge is 0.360 e. The molecule has 0 amide bonds. The first kappa shape index (κ1) is 11.4. The number of nitrogens with one attached hydrogen (secondary N) is 1. The van der Waals surface area contributed by atoms with Gasteiger partial charge in [0.25, 0.3) is 0 Å². The third-order valence-corrected chi connectivity index (χ3v) is 3.11. The maximum absolute atomic E-state index is 5.24. The van der Waals surface area contributed by atoms with Crippen molar-refractivity contribution in [1.29, 1.82) is 0 Å². The lowest BCUT2D eigenvalue weighted by Gasteiger charge is -1.98. The van der Waals surface area contributed by atoms with Crippen molar-refractivity contribution in [2.24, 2.45) is 0 Å². The van der Waals surface area contributed by atoms with Crippen molar-refractivity contribution in [3.05, 3.63) is 39.9 Å². The van der Waals surface area contributed by atoms with Gasteiger partial charge in [-0.05, 0) is 28.3 Å². The molecule has 0 bridgehead atoms. The molecular formula is C12H16N2OS. The summed E-state index contributed by atoms with van der Waals surface area (Å²) in [5, 5.41) is 11.6. The molecule has 3 nitrogen and oxygen atoms in total. The number of rotatable bonds is 5. The smallest absolute Gasteiger partial charge is 0.150 e. The Morgan fingerprint density at radius 1 is 1.44 bits per heavy atom. The van der Waals surface area contributed by atoms with Gasteiger partial charge in [-0.2, -0.15) is 11.3 Å². The Hall–Kier alpha value is -1.13. The SMILES string of the molecule is CC(C)c1cc(CNCc2ccsc2)on1. The van der Waals surface area contributed by atoms with Gasteiger partial charge >= 0.3 is 0 Å². The van der Waals surface area contributed by atoms with Crippen molar-refractivity contribution < 1.29 is 4.52 Å². The van der Waals surface area contributed by atoms with E-state index < -0.39 is 0 Å². The number of thiophene rings is 1. The van der Waals surface area contributed by atoms with Crippen LogP contribution in [0.5, 0.6) is 0 Å². The predicted molar refractivity (Wildman–Crippen MR) is 65.5 cm³/mol. The van der Waals surface area contributed by atoms with Gasteiger partial charge in [-0.15, -0.1) is 0 Å². The number of nitrogens with zero attached hydrogens (tertiary/aromatic N) is 1. The van der Waals surface area contributed by atoms with Crippen molar-refractivity contribution in [2.75, 3.05) is 0 Å². The van der Waals surface area contributed by atoms with Crippen molar-refractivity contribution in [2.45, 2.75) is 32.9 Å². The van der Waals surface area contributed by atoms with Gasteiger partial charge in [0.15, 0.2) is 5.76 Å². The summed E-state index contributed by atoms with van der Waals surface area (Å²) in [4.78, 5) is 0. The molecule has 0 saturated carbocycles. The summed E-state index contributed by atoms with van der Waals surface area (Å²) in [7, 11) is 0. The summed E-state index contributed by atoms with van der Waals surface area (Å²) in [5.74, 6) is 1.33. The molecule has 0 aliphatic rings. The molecular weight excluding hydrogens is 220 g/mol. The highest BCUT2D eigenvalue weighted by Crippen LogP contribution is 2.14. The summed E-state index contributed by atoms with van der Waals surface area (Å²) in [5.41, 5.74) is 2.33. The van der Waals surface area contributed by atoms with Crippen LogP contribution in [0.2, 0.25) is 0 Å². The molecule has 16 heavy (non-hydrogen) atoms. The zero-order valence-electron chi connectivity index (χ0n) is 9.56. The van der Waals surface area contributed by atoms with Crippen LogP contribution in [0.1, 0.15) is 36.8 Å². The van der Waals surface area contributed by atoms with Crippen LogP contribution >= 0.6 is 11.3 Å². The molecule has 2 rings (SSSR count).